The first-order chi connectivity index (χ1) is 10.9. The molecule has 1 saturated heterocycles. The maximum atomic E-state index is 12.5. The quantitative estimate of drug-likeness (QED) is 0.684. The van der Waals surface area contributed by atoms with Crippen molar-refractivity contribution < 1.29 is 14.7 Å². The van der Waals surface area contributed by atoms with E-state index in [2.05, 4.69) is 0 Å². The van der Waals surface area contributed by atoms with Crippen LogP contribution in [-0.2, 0) is 16.6 Å². The lowest BCUT2D eigenvalue weighted by molar-refractivity contribution is -0.144. The lowest BCUT2D eigenvalue weighted by Crippen LogP contribution is -2.41. The number of thioether (sulfide) groups is 1. The molecule has 0 radical (unpaired) electrons. The minimum absolute atomic E-state index is 0.274. The molecule has 1 aliphatic heterocycles. The fourth-order valence-corrected chi connectivity index (χ4v) is 3.96. The summed E-state index contributed by atoms with van der Waals surface area (Å²) in [6.07, 6.45) is 3.72. The molecule has 0 spiro atoms. The predicted molar refractivity (Wildman–Crippen MR) is 95.0 cm³/mol. The average Bonchev–Trinajstić information content (AvgIpc) is 2.97. The van der Waals surface area contributed by atoms with Crippen LogP contribution in [0.1, 0.15) is 12.5 Å². The molecule has 1 amide bonds. The summed E-state index contributed by atoms with van der Waals surface area (Å²) in [5.41, 5.74) is 1.97. The van der Waals surface area contributed by atoms with Crippen molar-refractivity contribution in [3.05, 3.63) is 40.9 Å². The van der Waals surface area contributed by atoms with Crippen molar-refractivity contribution in [2.24, 2.45) is 7.05 Å². The number of amides is 1. The zero-order valence-electron chi connectivity index (χ0n) is 12.5. The summed E-state index contributed by atoms with van der Waals surface area (Å²) in [6.45, 7) is 1.45. The van der Waals surface area contributed by atoms with Crippen LogP contribution in [0.25, 0.3) is 17.0 Å². The van der Waals surface area contributed by atoms with Gasteiger partial charge in [0.15, 0.2) is 0 Å². The number of carbonyl (C=O) groups is 2. The van der Waals surface area contributed by atoms with E-state index < -0.39 is 12.0 Å². The number of carboxylic acids is 1. The largest absolute Gasteiger partial charge is 0.480 e. The summed E-state index contributed by atoms with van der Waals surface area (Å²) in [4.78, 5) is 25.2. The predicted octanol–water partition coefficient (Wildman–Crippen LogP) is 2.85. The minimum atomic E-state index is -1.08. The van der Waals surface area contributed by atoms with Gasteiger partial charge >= 0.3 is 5.97 Å². The SMILES string of the molecule is CC(C(=O)O)N1C(=O)/C(=C/c2cn(C)c3ccccc23)SC1=S. The number of carbonyl (C=O) groups excluding carboxylic acids is 1. The Morgan fingerprint density at radius 3 is 2.78 bits per heavy atom. The molecule has 1 aromatic heterocycles. The third kappa shape index (κ3) is 2.66. The number of para-hydroxylation sites is 1. The molecule has 1 fully saturated rings. The molecular formula is C16H14N2O3S2. The normalized spacial score (nSPS) is 18.2. The average molecular weight is 346 g/mol. The molecule has 5 nitrogen and oxygen atoms in total. The Morgan fingerprint density at radius 2 is 2.09 bits per heavy atom. The van der Waals surface area contributed by atoms with Crippen LogP contribution in [0.4, 0.5) is 0 Å². The van der Waals surface area contributed by atoms with Crippen molar-refractivity contribution in [3.63, 3.8) is 0 Å². The van der Waals surface area contributed by atoms with E-state index in [1.54, 1.807) is 6.08 Å². The van der Waals surface area contributed by atoms with Gasteiger partial charge in [0.25, 0.3) is 5.91 Å². The van der Waals surface area contributed by atoms with Crippen molar-refractivity contribution in [2.45, 2.75) is 13.0 Å². The van der Waals surface area contributed by atoms with E-state index in [4.69, 9.17) is 17.3 Å². The Labute approximate surface area is 142 Å². The number of rotatable bonds is 3. The molecule has 2 aromatic rings. The fraction of sp³-hybridized carbons (Fsp3) is 0.188. The minimum Gasteiger partial charge on any atom is -0.480 e. The lowest BCUT2D eigenvalue weighted by Gasteiger charge is -2.18. The number of aliphatic carboxylic acids is 1. The van der Waals surface area contributed by atoms with Crippen molar-refractivity contribution in [1.82, 2.24) is 9.47 Å². The molecule has 0 aliphatic carbocycles. The van der Waals surface area contributed by atoms with Crippen LogP contribution in [0.2, 0.25) is 0 Å². The number of hydrogen-bond acceptors (Lipinski definition) is 4. The van der Waals surface area contributed by atoms with Crippen molar-refractivity contribution in [2.75, 3.05) is 0 Å². The summed E-state index contributed by atoms with van der Waals surface area (Å²) >= 11 is 6.30. The highest BCUT2D eigenvalue weighted by molar-refractivity contribution is 8.26. The zero-order chi connectivity index (χ0) is 16.7. The van der Waals surface area contributed by atoms with E-state index >= 15 is 0 Å². The second-order valence-electron chi connectivity index (χ2n) is 5.28. The van der Waals surface area contributed by atoms with Gasteiger partial charge in [-0.15, -0.1) is 0 Å². The molecular weight excluding hydrogens is 332 g/mol. The van der Waals surface area contributed by atoms with Gasteiger partial charge in [-0.1, -0.05) is 42.2 Å². The Balaban J connectivity index is 2.02. The van der Waals surface area contributed by atoms with E-state index in [0.29, 0.717) is 4.91 Å². The zero-order valence-corrected chi connectivity index (χ0v) is 14.1. The molecule has 2 heterocycles. The number of aryl methyl sites for hydroxylation is 1. The van der Waals surface area contributed by atoms with E-state index in [1.807, 2.05) is 42.1 Å². The fourth-order valence-electron chi connectivity index (χ4n) is 2.55. The second-order valence-corrected chi connectivity index (χ2v) is 6.95. The molecule has 3 rings (SSSR count). The monoisotopic (exact) mass is 346 g/mol. The number of nitrogens with zero attached hydrogens (tertiary/aromatic N) is 2. The van der Waals surface area contributed by atoms with Gasteiger partial charge in [-0.05, 0) is 19.1 Å². The standard InChI is InChI=1S/C16H14N2O3S2/c1-9(15(20)21)18-14(19)13(23-16(18)22)7-10-8-17(2)12-6-4-3-5-11(10)12/h3-9H,1-2H3,(H,20,21)/b13-7-. The van der Waals surface area contributed by atoms with Crippen molar-refractivity contribution >= 4 is 57.2 Å². The highest BCUT2D eigenvalue weighted by atomic mass is 32.2. The molecule has 118 valence electrons. The highest BCUT2D eigenvalue weighted by Crippen LogP contribution is 2.35. The third-order valence-electron chi connectivity index (χ3n) is 3.78. The number of carboxylic acid groups (broad SMARTS) is 1. The van der Waals surface area contributed by atoms with E-state index in [1.165, 1.54) is 6.92 Å². The van der Waals surface area contributed by atoms with Crippen LogP contribution in [0.3, 0.4) is 0 Å². The van der Waals surface area contributed by atoms with Crippen LogP contribution >= 0.6 is 24.0 Å². The third-order valence-corrected chi connectivity index (χ3v) is 5.11. The number of aromatic nitrogens is 1. The Hall–Kier alpha value is -2.12. The number of hydrogen-bond donors (Lipinski definition) is 1. The van der Waals surface area contributed by atoms with Gasteiger partial charge in [-0.3, -0.25) is 9.69 Å². The first-order valence-electron chi connectivity index (χ1n) is 6.94. The van der Waals surface area contributed by atoms with Gasteiger partial charge in [0.05, 0.1) is 4.91 Å². The molecule has 1 aromatic carbocycles. The highest BCUT2D eigenvalue weighted by Gasteiger charge is 2.38. The number of benzene rings is 1. The molecule has 1 aliphatic rings. The van der Waals surface area contributed by atoms with Crippen LogP contribution < -0.4 is 0 Å². The Kier molecular flexibility index (Phi) is 3.99. The Morgan fingerprint density at radius 1 is 1.39 bits per heavy atom. The molecule has 0 bridgehead atoms. The van der Waals surface area contributed by atoms with Gasteiger partial charge < -0.3 is 9.67 Å². The maximum absolute atomic E-state index is 12.5. The first-order valence-corrected chi connectivity index (χ1v) is 8.16. The van der Waals surface area contributed by atoms with Gasteiger partial charge in [0.1, 0.15) is 10.4 Å². The van der Waals surface area contributed by atoms with Gasteiger partial charge in [-0.25, -0.2) is 4.79 Å². The van der Waals surface area contributed by atoms with Crippen LogP contribution in [0.15, 0.2) is 35.4 Å². The summed E-state index contributed by atoms with van der Waals surface area (Å²) in [5.74, 6) is -1.43. The van der Waals surface area contributed by atoms with Crippen molar-refractivity contribution in [3.8, 4) is 0 Å². The topological polar surface area (TPSA) is 62.5 Å². The van der Waals surface area contributed by atoms with Gasteiger partial charge in [-0.2, -0.15) is 0 Å². The lowest BCUT2D eigenvalue weighted by atomic mass is 10.1. The number of fused-ring (bicyclic) bond motifs is 1. The molecule has 0 saturated carbocycles. The van der Waals surface area contributed by atoms with Crippen molar-refractivity contribution in [1.29, 1.82) is 0 Å². The molecule has 7 heteroatoms. The van der Waals surface area contributed by atoms with Gasteiger partial charge in [0, 0.05) is 29.7 Å². The summed E-state index contributed by atoms with van der Waals surface area (Å²) < 4.78 is 2.26. The molecule has 1 unspecified atom stereocenters. The molecule has 1 atom stereocenters. The van der Waals surface area contributed by atoms with E-state index in [-0.39, 0.29) is 10.2 Å². The van der Waals surface area contributed by atoms with Crippen LogP contribution in [0.5, 0.6) is 0 Å². The summed E-state index contributed by atoms with van der Waals surface area (Å²) in [5, 5.41) is 10.1. The van der Waals surface area contributed by atoms with E-state index in [0.717, 1.165) is 33.1 Å². The number of thiocarbonyl (C=S) groups is 1. The second kappa shape index (κ2) is 5.82. The molecule has 1 N–H and O–H groups in total. The van der Waals surface area contributed by atoms with E-state index in [9.17, 15) is 9.59 Å². The Bertz CT molecular complexity index is 869. The first kappa shape index (κ1) is 15.8. The summed E-state index contributed by atoms with van der Waals surface area (Å²) in [7, 11) is 1.94. The smallest absolute Gasteiger partial charge is 0.326 e. The van der Waals surface area contributed by atoms with Crippen LogP contribution in [0, 0.1) is 0 Å². The maximum Gasteiger partial charge on any atom is 0.326 e. The van der Waals surface area contributed by atoms with Gasteiger partial charge in [0.2, 0.25) is 0 Å². The summed E-state index contributed by atoms with van der Waals surface area (Å²) in [6, 6.07) is 6.92. The van der Waals surface area contributed by atoms with Crippen LogP contribution in [-0.4, -0.2) is 36.8 Å². The molecule has 23 heavy (non-hydrogen) atoms.